The van der Waals surface area contributed by atoms with Crippen LogP contribution in [0.1, 0.15) is 41.3 Å². The minimum Gasteiger partial charge on any atom is -0.347 e. The van der Waals surface area contributed by atoms with Crippen LogP contribution in [0.4, 0.5) is 0 Å². The lowest BCUT2D eigenvalue weighted by Gasteiger charge is -2.28. The molecule has 0 unspecified atom stereocenters. The second kappa shape index (κ2) is 9.58. The van der Waals surface area contributed by atoms with Gasteiger partial charge in [-0.1, -0.05) is 84.9 Å². The van der Waals surface area contributed by atoms with E-state index in [0.29, 0.717) is 13.0 Å². The van der Waals surface area contributed by atoms with E-state index in [0.717, 1.165) is 11.1 Å². The summed E-state index contributed by atoms with van der Waals surface area (Å²) in [5.74, 6) is -0.405. The third-order valence-corrected chi connectivity index (χ3v) is 5.74. The lowest BCUT2D eigenvalue weighted by atomic mass is 9.95. The molecule has 1 aliphatic heterocycles. The topological polar surface area (TPSA) is 70.2 Å². The lowest BCUT2D eigenvalue weighted by Crippen LogP contribution is -2.51. The molecule has 0 saturated heterocycles. The molecular weight excluding hydrogens is 386 g/mol. The molecule has 0 radical (unpaired) electrons. The molecule has 158 valence electrons. The third-order valence-electron chi connectivity index (χ3n) is 5.74. The van der Waals surface area contributed by atoms with E-state index >= 15 is 0 Å². The third kappa shape index (κ3) is 5.01. The van der Waals surface area contributed by atoms with E-state index in [4.69, 9.17) is 0 Å². The highest BCUT2D eigenvalue weighted by Gasteiger charge is 2.29. The van der Waals surface area contributed by atoms with Crippen molar-refractivity contribution in [3.63, 3.8) is 0 Å². The Bertz CT molecular complexity index is 1040. The maximum absolute atomic E-state index is 13.2. The monoisotopic (exact) mass is 413 g/mol. The SMILES string of the molecule is C[C@@H](NC(=O)[C@H](NC(=O)[C@@H]1Cc2ccccc2CN1)c1ccccc1)c1ccccc1. The molecule has 0 aliphatic carbocycles. The average molecular weight is 414 g/mol. The Hall–Kier alpha value is -3.44. The van der Waals surface area contributed by atoms with Gasteiger partial charge in [-0.05, 0) is 35.6 Å². The van der Waals surface area contributed by atoms with E-state index in [1.165, 1.54) is 11.1 Å². The molecule has 0 saturated carbocycles. The van der Waals surface area contributed by atoms with Gasteiger partial charge < -0.3 is 16.0 Å². The molecule has 5 nitrogen and oxygen atoms in total. The van der Waals surface area contributed by atoms with E-state index in [2.05, 4.69) is 28.1 Å². The minimum atomic E-state index is -0.765. The van der Waals surface area contributed by atoms with Gasteiger partial charge in [-0.2, -0.15) is 0 Å². The predicted molar refractivity (Wildman–Crippen MR) is 121 cm³/mol. The molecule has 4 rings (SSSR count). The van der Waals surface area contributed by atoms with Gasteiger partial charge >= 0.3 is 0 Å². The summed E-state index contributed by atoms with van der Waals surface area (Å²) in [7, 11) is 0. The van der Waals surface area contributed by atoms with Gasteiger partial charge in [0, 0.05) is 6.54 Å². The Morgan fingerprint density at radius 1 is 0.806 bits per heavy atom. The zero-order valence-electron chi connectivity index (χ0n) is 17.5. The zero-order chi connectivity index (χ0) is 21.6. The summed E-state index contributed by atoms with van der Waals surface area (Å²) in [5, 5.41) is 9.32. The maximum atomic E-state index is 13.2. The van der Waals surface area contributed by atoms with E-state index < -0.39 is 6.04 Å². The second-order valence-electron chi connectivity index (χ2n) is 7.90. The van der Waals surface area contributed by atoms with Crippen molar-refractivity contribution in [2.75, 3.05) is 0 Å². The molecule has 1 aliphatic rings. The van der Waals surface area contributed by atoms with E-state index in [9.17, 15) is 9.59 Å². The zero-order valence-corrected chi connectivity index (χ0v) is 17.5. The first kappa shape index (κ1) is 20.8. The van der Waals surface area contributed by atoms with Gasteiger partial charge in [0.1, 0.15) is 6.04 Å². The van der Waals surface area contributed by atoms with Crippen LogP contribution in [0.5, 0.6) is 0 Å². The largest absolute Gasteiger partial charge is 0.347 e. The number of hydrogen-bond donors (Lipinski definition) is 3. The second-order valence-corrected chi connectivity index (χ2v) is 7.90. The van der Waals surface area contributed by atoms with Gasteiger partial charge in [-0.25, -0.2) is 0 Å². The summed E-state index contributed by atoms with van der Waals surface area (Å²) >= 11 is 0. The van der Waals surface area contributed by atoms with Crippen LogP contribution in [0.2, 0.25) is 0 Å². The molecule has 1 heterocycles. The number of fused-ring (bicyclic) bond motifs is 1. The molecule has 0 aromatic heterocycles. The number of carbonyl (C=O) groups excluding carboxylic acids is 2. The van der Waals surface area contributed by atoms with Crippen molar-refractivity contribution in [2.24, 2.45) is 0 Å². The fourth-order valence-electron chi connectivity index (χ4n) is 3.95. The van der Waals surface area contributed by atoms with Crippen molar-refractivity contribution in [1.82, 2.24) is 16.0 Å². The van der Waals surface area contributed by atoms with Gasteiger partial charge in [0.2, 0.25) is 11.8 Å². The van der Waals surface area contributed by atoms with Crippen LogP contribution in [0, 0.1) is 0 Å². The summed E-state index contributed by atoms with van der Waals surface area (Å²) < 4.78 is 0. The molecule has 3 atom stereocenters. The predicted octanol–water partition coefficient (Wildman–Crippen LogP) is 3.44. The molecular formula is C26H27N3O2. The summed E-state index contributed by atoms with van der Waals surface area (Å²) in [5.41, 5.74) is 4.14. The summed E-state index contributed by atoms with van der Waals surface area (Å²) in [6.07, 6.45) is 0.603. The summed E-state index contributed by atoms with van der Waals surface area (Å²) in [6, 6.07) is 26.0. The van der Waals surface area contributed by atoms with Gasteiger partial charge in [0.25, 0.3) is 0 Å². The number of nitrogens with one attached hydrogen (secondary N) is 3. The first-order valence-electron chi connectivity index (χ1n) is 10.6. The molecule has 0 spiro atoms. The number of carbonyl (C=O) groups is 2. The summed E-state index contributed by atoms with van der Waals surface area (Å²) in [4.78, 5) is 26.3. The van der Waals surface area contributed by atoms with Crippen LogP contribution in [0.15, 0.2) is 84.9 Å². The molecule has 3 N–H and O–H groups in total. The average Bonchev–Trinajstić information content (AvgIpc) is 2.83. The fraction of sp³-hybridized carbons (Fsp3) is 0.231. The van der Waals surface area contributed by atoms with Crippen molar-refractivity contribution < 1.29 is 9.59 Å². The molecule has 3 aromatic carbocycles. The molecule has 31 heavy (non-hydrogen) atoms. The molecule has 2 amide bonds. The quantitative estimate of drug-likeness (QED) is 0.580. The van der Waals surface area contributed by atoms with Gasteiger partial charge in [-0.15, -0.1) is 0 Å². The smallest absolute Gasteiger partial charge is 0.247 e. The van der Waals surface area contributed by atoms with Crippen LogP contribution >= 0.6 is 0 Å². The Morgan fingerprint density at radius 3 is 2.06 bits per heavy atom. The van der Waals surface area contributed by atoms with Crippen molar-refractivity contribution in [1.29, 1.82) is 0 Å². The number of hydrogen-bond acceptors (Lipinski definition) is 3. The highest BCUT2D eigenvalue weighted by molar-refractivity contribution is 5.91. The van der Waals surface area contributed by atoms with E-state index in [1.807, 2.05) is 79.7 Å². The van der Waals surface area contributed by atoms with Crippen molar-refractivity contribution in [2.45, 2.75) is 38.0 Å². The maximum Gasteiger partial charge on any atom is 0.247 e. The molecule has 3 aromatic rings. The van der Waals surface area contributed by atoms with Crippen molar-refractivity contribution >= 4 is 11.8 Å². The van der Waals surface area contributed by atoms with Crippen LogP contribution in [0.3, 0.4) is 0 Å². The Balaban J connectivity index is 1.49. The Labute approximate surface area is 182 Å². The number of amides is 2. The number of rotatable bonds is 6. The Kier molecular flexibility index (Phi) is 6.43. The van der Waals surface area contributed by atoms with Crippen molar-refractivity contribution in [3.05, 3.63) is 107 Å². The van der Waals surface area contributed by atoms with Gasteiger partial charge in [0.05, 0.1) is 12.1 Å². The number of benzene rings is 3. The molecule has 5 heteroatoms. The standard InChI is InChI=1S/C26H27N3O2/c1-18(19-10-4-2-5-11-19)28-26(31)24(20-12-6-3-7-13-20)29-25(30)23-16-21-14-8-9-15-22(21)17-27-23/h2-15,18,23-24,27H,16-17H2,1H3,(H,28,31)(H,29,30)/t18-,23+,24-/m1/s1. The minimum absolute atomic E-state index is 0.170. The fourth-order valence-corrected chi connectivity index (χ4v) is 3.95. The van der Waals surface area contributed by atoms with E-state index in [1.54, 1.807) is 0 Å². The van der Waals surface area contributed by atoms with Crippen LogP contribution in [0.25, 0.3) is 0 Å². The highest BCUT2D eigenvalue weighted by atomic mass is 16.2. The van der Waals surface area contributed by atoms with Crippen molar-refractivity contribution in [3.8, 4) is 0 Å². The van der Waals surface area contributed by atoms with Crippen LogP contribution < -0.4 is 16.0 Å². The Morgan fingerprint density at radius 2 is 1.39 bits per heavy atom. The van der Waals surface area contributed by atoms with Crippen LogP contribution in [-0.2, 0) is 22.6 Å². The van der Waals surface area contributed by atoms with Crippen LogP contribution in [-0.4, -0.2) is 17.9 Å². The van der Waals surface area contributed by atoms with Gasteiger partial charge in [-0.3, -0.25) is 9.59 Å². The first-order chi connectivity index (χ1) is 15.1. The van der Waals surface area contributed by atoms with Gasteiger partial charge in [0.15, 0.2) is 0 Å². The molecule has 0 fully saturated rings. The lowest BCUT2D eigenvalue weighted by molar-refractivity contribution is -0.130. The van der Waals surface area contributed by atoms with E-state index in [-0.39, 0.29) is 23.9 Å². The summed E-state index contributed by atoms with van der Waals surface area (Å²) in [6.45, 7) is 2.58. The first-order valence-corrected chi connectivity index (χ1v) is 10.6. The normalized spacial score (nSPS) is 17.1. The molecule has 0 bridgehead atoms. The highest BCUT2D eigenvalue weighted by Crippen LogP contribution is 2.20.